The van der Waals surface area contributed by atoms with Crippen LogP contribution in [0.1, 0.15) is 6.92 Å². The Balaban J connectivity index is 4.22. The van der Waals surface area contributed by atoms with Gasteiger partial charge in [-0.3, -0.25) is 4.79 Å². The van der Waals surface area contributed by atoms with Gasteiger partial charge in [-0.2, -0.15) is 8.78 Å². The van der Waals surface area contributed by atoms with Crippen molar-refractivity contribution in [2.45, 2.75) is 12.2 Å². The fourth-order valence-corrected chi connectivity index (χ4v) is 0.947. The molecule has 104 valence electrons. The van der Waals surface area contributed by atoms with Crippen LogP contribution in [0.5, 0.6) is 0 Å². The van der Waals surface area contributed by atoms with Gasteiger partial charge in [-0.25, -0.2) is 13.2 Å². The lowest BCUT2D eigenvalue weighted by molar-refractivity contribution is -0.141. The molecule has 0 aromatic heterocycles. The van der Waals surface area contributed by atoms with Crippen molar-refractivity contribution >= 4 is 22.0 Å². The zero-order chi connectivity index (χ0) is 14.6. The van der Waals surface area contributed by atoms with Gasteiger partial charge in [0.15, 0.2) is 10.1 Å². The standard InChI is InChI=1S/C8H11F2NO6S/c1-5(2)6(12)17-4-3-11-7(13)8(9,10)18(14,15)16/h1,3-4H2,2H3,(H,11,13)(H,14,15,16)/p-1. The van der Waals surface area contributed by atoms with Crippen LogP contribution in [-0.2, 0) is 24.4 Å². The van der Waals surface area contributed by atoms with Crippen molar-refractivity contribution in [2.24, 2.45) is 0 Å². The van der Waals surface area contributed by atoms with Gasteiger partial charge < -0.3 is 14.6 Å². The van der Waals surface area contributed by atoms with Gasteiger partial charge in [0.05, 0.1) is 6.54 Å². The first kappa shape index (κ1) is 16.4. The van der Waals surface area contributed by atoms with Gasteiger partial charge in [0, 0.05) is 5.57 Å². The Hall–Kier alpha value is -1.55. The molecule has 10 heteroatoms. The van der Waals surface area contributed by atoms with E-state index in [1.165, 1.54) is 12.2 Å². The number of hydrogen-bond donors (Lipinski definition) is 1. The SMILES string of the molecule is C=C(C)C(=O)OCCNC(=O)C(F)(F)S(=O)(=O)[O-]. The van der Waals surface area contributed by atoms with Crippen LogP contribution in [0.15, 0.2) is 12.2 Å². The molecule has 7 nitrogen and oxygen atoms in total. The zero-order valence-corrected chi connectivity index (χ0v) is 10.1. The number of halogens is 2. The van der Waals surface area contributed by atoms with E-state index in [2.05, 4.69) is 11.3 Å². The number of nitrogens with one attached hydrogen (secondary N) is 1. The average Bonchev–Trinajstić information content (AvgIpc) is 2.21. The van der Waals surface area contributed by atoms with Crippen LogP contribution in [0, 0.1) is 0 Å². The van der Waals surface area contributed by atoms with Crippen molar-refractivity contribution < 1.29 is 36.1 Å². The summed E-state index contributed by atoms with van der Waals surface area (Å²) in [5.74, 6) is -3.07. The minimum atomic E-state index is -6.09. The Bertz CT molecular complexity index is 458. The van der Waals surface area contributed by atoms with Crippen LogP contribution in [-0.4, -0.2) is 43.3 Å². The average molecular weight is 286 g/mol. The van der Waals surface area contributed by atoms with E-state index in [9.17, 15) is 31.3 Å². The van der Waals surface area contributed by atoms with Crippen molar-refractivity contribution in [1.82, 2.24) is 5.32 Å². The van der Waals surface area contributed by atoms with E-state index in [-0.39, 0.29) is 5.57 Å². The fraction of sp³-hybridized carbons (Fsp3) is 0.500. The fourth-order valence-electron chi connectivity index (χ4n) is 0.648. The first-order valence-electron chi connectivity index (χ1n) is 4.44. The number of ether oxygens (including phenoxy) is 1. The second-order valence-corrected chi connectivity index (χ2v) is 4.56. The molecular formula is C8H10F2NO6S-. The maximum atomic E-state index is 12.6. The first-order chi connectivity index (χ1) is 8.00. The second-order valence-electron chi connectivity index (χ2n) is 3.14. The molecule has 0 aliphatic carbocycles. The zero-order valence-electron chi connectivity index (χ0n) is 9.23. The molecule has 0 aliphatic rings. The molecular weight excluding hydrogens is 276 g/mol. The summed E-state index contributed by atoms with van der Waals surface area (Å²) in [4.78, 5) is 21.5. The molecule has 0 saturated heterocycles. The molecule has 0 rings (SSSR count). The molecule has 1 N–H and O–H groups in total. The normalized spacial score (nSPS) is 11.8. The Morgan fingerprint density at radius 1 is 1.44 bits per heavy atom. The summed E-state index contributed by atoms with van der Waals surface area (Å²) in [6, 6.07) is 0. The highest BCUT2D eigenvalue weighted by atomic mass is 32.2. The van der Waals surface area contributed by atoms with Crippen molar-refractivity contribution in [3.63, 3.8) is 0 Å². The maximum Gasteiger partial charge on any atom is 0.410 e. The van der Waals surface area contributed by atoms with E-state index in [1.807, 2.05) is 0 Å². The molecule has 0 aromatic rings. The highest BCUT2D eigenvalue weighted by Gasteiger charge is 2.46. The Morgan fingerprint density at radius 3 is 2.33 bits per heavy atom. The van der Waals surface area contributed by atoms with Crippen LogP contribution in [0.3, 0.4) is 0 Å². The first-order valence-corrected chi connectivity index (χ1v) is 5.85. The van der Waals surface area contributed by atoms with Gasteiger partial charge in [-0.05, 0) is 6.92 Å². The van der Waals surface area contributed by atoms with Gasteiger partial charge in [0.2, 0.25) is 0 Å². The number of rotatable bonds is 6. The monoisotopic (exact) mass is 286 g/mol. The topological polar surface area (TPSA) is 113 Å². The van der Waals surface area contributed by atoms with Crippen molar-refractivity contribution in [3.05, 3.63) is 12.2 Å². The predicted octanol–water partition coefficient (Wildman–Crippen LogP) is -0.640. The minimum Gasteiger partial charge on any atom is -0.743 e. The van der Waals surface area contributed by atoms with Crippen LogP contribution in [0.2, 0.25) is 0 Å². The van der Waals surface area contributed by atoms with Gasteiger partial charge >= 0.3 is 17.1 Å². The van der Waals surface area contributed by atoms with E-state index < -0.39 is 40.4 Å². The summed E-state index contributed by atoms with van der Waals surface area (Å²) in [5.41, 5.74) is 0.0637. The number of amides is 1. The lowest BCUT2D eigenvalue weighted by Crippen LogP contribution is -2.46. The molecule has 0 saturated carbocycles. The van der Waals surface area contributed by atoms with Crippen molar-refractivity contribution in [2.75, 3.05) is 13.2 Å². The third-order valence-corrected chi connectivity index (χ3v) is 2.36. The van der Waals surface area contributed by atoms with E-state index in [0.717, 1.165) is 0 Å². The summed E-state index contributed by atoms with van der Waals surface area (Å²) in [5, 5.41) is -3.62. The molecule has 1 amide bonds. The smallest absolute Gasteiger partial charge is 0.410 e. The number of esters is 1. The highest BCUT2D eigenvalue weighted by molar-refractivity contribution is 7.87. The van der Waals surface area contributed by atoms with Crippen LogP contribution >= 0.6 is 0 Å². The Kier molecular flexibility index (Phi) is 5.36. The quantitative estimate of drug-likeness (QED) is 0.301. The Labute approximate surface area is 102 Å². The van der Waals surface area contributed by atoms with E-state index in [1.54, 1.807) is 0 Å². The summed E-state index contributed by atoms with van der Waals surface area (Å²) < 4.78 is 59.8. The lowest BCUT2D eigenvalue weighted by Gasteiger charge is -2.18. The second kappa shape index (κ2) is 5.87. The number of carbonyl (C=O) groups excluding carboxylic acids is 2. The van der Waals surface area contributed by atoms with Crippen molar-refractivity contribution in [3.8, 4) is 0 Å². The van der Waals surface area contributed by atoms with Gasteiger partial charge in [-0.15, -0.1) is 0 Å². The largest absolute Gasteiger partial charge is 0.743 e. The van der Waals surface area contributed by atoms with Gasteiger partial charge in [0.25, 0.3) is 0 Å². The molecule has 0 spiro atoms. The molecule has 0 atom stereocenters. The maximum absolute atomic E-state index is 12.6. The van der Waals surface area contributed by atoms with E-state index >= 15 is 0 Å². The molecule has 0 heterocycles. The number of hydrogen-bond acceptors (Lipinski definition) is 6. The predicted molar refractivity (Wildman–Crippen MR) is 53.4 cm³/mol. The molecule has 0 fully saturated rings. The summed E-state index contributed by atoms with van der Waals surface area (Å²) in [6.45, 7) is 3.55. The van der Waals surface area contributed by atoms with Crippen LogP contribution in [0.25, 0.3) is 0 Å². The van der Waals surface area contributed by atoms with Gasteiger partial charge in [-0.1, -0.05) is 6.58 Å². The lowest BCUT2D eigenvalue weighted by atomic mass is 10.4. The van der Waals surface area contributed by atoms with Crippen molar-refractivity contribution in [1.29, 1.82) is 0 Å². The van der Waals surface area contributed by atoms with Crippen LogP contribution in [0.4, 0.5) is 8.78 Å². The summed E-state index contributed by atoms with van der Waals surface area (Å²) >= 11 is 0. The Morgan fingerprint density at radius 2 is 1.94 bits per heavy atom. The molecule has 0 aromatic carbocycles. The number of carbonyl (C=O) groups is 2. The third-order valence-electron chi connectivity index (χ3n) is 1.55. The summed E-state index contributed by atoms with van der Waals surface area (Å²) in [7, 11) is -6.09. The minimum absolute atomic E-state index is 0.0637. The van der Waals surface area contributed by atoms with E-state index in [0.29, 0.717) is 0 Å². The third kappa shape index (κ3) is 4.37. The van der Waals surface area contributed by atoms with Crippen LogP contribution < -0.4 is 5.32 Å². The summed E-state index contributed by atoms with van der Waals surface area (Å²) in [6.07, 6.45) is 0. The molecule has 18 heavy (non-hydrogen) atoms. The van der Waals surface area contributed by atoms with E-state index in [4.69, 9.17) is 0 Å². The molecule has 0 bridgehead atoms. The molecule has 0 aliphatic heterocycles. The number of alkyl halides is 2. The molecule has 0 unspecified atom stereocenters. The highest BCUT2D eigenvalue weighted by Crippen LogP contribution is 2.19. The van der Waals surface area contributed by atoms with Gasteiger partial charge in [0.1, 0.15) is 6.61 Å². The molecule has 0 radical (unpaired) electrons.